The van der Waals surface area contributed by atoms with Gasteiger partial charge in [0.2, 0.25) is 5.91 Å². The Morgan fingerprint density at radius 1 is 1.17 bits per heavy atom. The number of hydrogen-bond donors (Lipinski definition) is 2. The molecule has 130 valence electrons. The summed E-state index contributed by atoms with van der Waals surface area (Å²) in [6.07, 6.45) is 2.86. The maximum Gasteiger partial charge on any atom is 0.224 e. The van der Waals surface area contributed by atoms with Crippen molar-refractivity contribution in [2.24, 2.45) is 5.92 Å². The van der Waals surface area contributed by atoms with Crippen LogP contribution in [0, 0.1) is 5.92 Å². The second-order valence-electron chi connectivity index (χ2n) is 7.10. The van der Waals surface area contributed by atoms with E-state index in [0.29, 0.717) is 24.2 Å². The van der Waals surface area contributed by atoms with Crippen LogP contribution in [0.3, 0.4) is 0 Å². The Bertz CT molecular complexity index is 508. The number of hydrogen-bond acceptors (Lipinski definition) is 2. The Labute approximate surface area is 147 Å². The molecular formula is C19H31ClN2O. The largest absolute Gasteiger partial charge is 0.326 e. The summed E-state index contributed by atoms with van der Waals surface area (Å²) in [5, 5.41) is 6.49. The lowest BCUT2D eigenvalue weighted by Gasteiger charge is -2.23. The van der Waals surface area contributed by atoms with E-state index in [2.05, 4.69) is 56.5 Å². The summed E-state index contributed by atoms with van der Waals surface area (Å²) >= 11 is 0. The highest BCUT2D eigenvalue weighted by Gasteiger charge is 2.18. The van der Waals surface area contributed by atoms with Gasteiger partial charge in [-0.1, -0.05) is 39.8 Å². The quantitative estimate of drug-likeness (QED) is 0.818. The van der Waals surface area contributed by atoms with Crippen molar-refractivity contribution in [2.45, 2.75) is 58.8 Å². The molecule has 2 rings (SSSR count). The molecule has 3 nitrogen and oxygen atoms in total. The Morgan fingerprint density at radius 2 is 1.83 bits per heavy atom. The summed E-state index contributed by atoms with van der Waals surface area (Å²) < 4.78 is 0. The number of piperidine rings is 1. The first-order chi connectivity index (χ1) is 10.5. The first-order valence-corrected chi connectivity index (χ1v) is 8.61. The van der Waals surface area contributed by atoms with E-state index < -0.39 is 0 Å². The zero-order chi connectivity index (χ0) is 16.1. The van der Waals surface area contributed by atoms with Crippen LogP contribution < -0.4 is 10.6 Å². The Morgan fingerprint density at radius 3 is 2.39 bits per heavy atom. The lowest BCUT2D eigenvalue weighted by molar-refractivity contribution is -0.117. The van der Waals surface area contributed by atoms with Crippen molar-refractivity contribution in [3.8, 4) is 0 Å². The highest BCUT2D eigenvalue weighted by atomic mass is 35.5. The van der Waals surface area contributed by atoms with Crippen LogP contribution in [0.1, 0.15) is 69.9 Å². The monoisotopic (exact) mass is 338 g/mol. The van der Waals surface area contributed by atoms with Crippen molar-refractivity contribution >= 4 is 24.0 Å². The highest BCUT2D eigenvalue weighted by molar-refractivity contribution is 5.91. The van der Waals surface area contributed by atoms with Crippen molar-refractivity contribution in [2.75, 3.05) is 18.4 Å². The predicted molar refractivity (Wildman–Crippen MR) is 101 cm³/mol. The number of carbonyl (C=O) groups is 1. The maximum absolute atomic E-state index is 12.3. The van der Waals surface area contributed by atoms with Gasteiger partial charge in [-0.15, -0.1) is 12.4 Å². The van der Waals surface area contributed by atoms with Crippen molar-refractivity contribution in [3.05, 3.63) is 29.3 Å². The molecule has 23 heavy (non-hydrogen) atoms. The van der Waals surface area contributed by atoms with E-state index in [4.69, 9.17) is 0 Å². The summed E-state index contributed by atoms with van der Waals surface area (Å²) in [6.45, 7) is 10.9. The van der Waals surface area contributed by atoms with Crippen molar-refractivity contribution < 1.29 is 4.79 Å². The molecule has 1 aromatic rings. The van der Waals surface area contributed by atoms with Gasteiger partial charge in [0.15, 0.2) is 0 Å². The molecule has 0 unspecified atom stereocenters. The smallest absolute Gasteiger partial charge is 0.224 e. The van der Waals surface area contributed by atoms with Gasteiger partial charge in [-0.2, -0.15) is 0 Å². The van der Waals surface area contributed by atoms with E-state index in [1.807, 2.05) is 0 Å². The number of anilines is 1. The molecule has 1 amide bonds. The Hall–Kier alpha value is -1.06. The summed E-state index contributed by atoms with van der Waals surface area (Å²) in [7, 11) is 0. The number of carbonyl (C=O) groups excluding carboxylic acids is 1. The van der Waals surface area contributed by atoms with E-state index in [0.717, 1.165) is 31.6 Å². The standard InChI is InChI=1S/C19H30N2O.ClH/c1-13(2)16-5-6-18(17(12-16)14(3)4)21-19(22)11-15-7-9-20-10-8-15;/h5-6,12-15,20H,7-11H2,1-4H3,(H,21,22);1H. The Kier molecular flexibility index (Phi) is 8.07. The molecule has 1 saturated heterocycles. The fraction of sp³-hybridized carbons (Fsp3) is 0.632. The van der Waals surface area contributed by atoms with Gasteiger partial charge in [0.1, 0.15) is 0 Å². The molecule has 0 bridgehead atoms. The second kappa shape index (κ2) is 9.29. The molecule has 1 fully saturated rings. The zero-order valence-electron chi connectivity index (χ0n) is 14.8. The van der Waals surface area contributed by atoms with Crippen molar-refractivity contribution in [3.63, 3.8) is 0 Å². The molecular weight excluding hydrogens is 308 g/mol. The van der Waals surface area contributed by atoms with Crippen LogP contribution in [0.25, 0.3) is 0 Å². The number of rotatable bonds is 5. The molecule has 1 aliphatic heterocycles. The maximum atomic E-state index is 12.3. The third kappa shape index (κ3) is 5.82. The molecule has 2 N–H and O–H groups in total. The number of nitrogens with one attached hydrogen (secondary N) is 2. The van der Waals surface area contributed by atoms with E-state index in [1.165, 1.54) is 11.1 Å². The fourth-order valence-electron chi connectivity index (χ4n) is 3.08. The average Bonchev–Trinajstić information content (AvgIpc) is 2.48. The number of benzene rings is 1. The lowest BCUT2D eigenvalue weighted by Crippen LogP contribution is -2.30. The summed E-state index contributed by atoms with van der Waals surface area (Å²) in [5.74, 6) is 1.61. The van der Waals surface area contributed by atoms with Gasteiger partial charge in [-0.3, -0.25) is 4.79 Å². The van der Waals surface area contributed by atoms with Crippen LogP contribution in [0.4, 0.5) is 5.69 Å². The van der Waals surface area contributed by atoms with Gasteiger partial charge in [0.25, 0.3) is 0 Å². The summed E-state index contributed by atoms with van der Waals surface area (Å²) in [6, 6.07) is 6.46. The molecule has 0 aliphatic carbocycles. The van der Waals surface area contributed by atoms with Gasteiger partial charge in [0, 0.05) is 12.1 Å². The minimum Gasteiger partial charge on any atom is -0.326 e. The van der Waals surface area contributed by atoms with Gasteiger partial charge in [0.05, 0.1) is 0 Å². The normalized spacial score (nSPS) is 15.6. The fourth-order valence-corrected chi connectivity index (χ4v) is 3.08. The van der Waals surface area contributed by atoms with E-state index in [-0.39, 0.29) is 18.3 Å². The minimum atomic E-state index is 0. The van der Waals surface area contributed by atoms with Crippen LogP contribution in [0.15, 0.2) is 18.2 Å². The SMILES string of the molecule is CC(C)c1ccc(NC(=O)CC2CCNCC2)c(C(C)C)c1.Cl. The molecule has 0 radical (unpaired) electrons. The Balaban J connectivity index is 0.00000264. The van der Waals surface area contributed by atoms with Crippen molar-refractivity contribution in [1.29, 1.82) is 0 Å². The average molecular weight is 339 g/mol. The number of amides is 1. The van der Waals surface area contributed by atoms with Crippen LogP contribution in [-0.2, 0) is 4.79 Å². The van der Waals surface area contributed by atoms with Gasteiger partial charge < -0.3 is 10.6 Å². The van der Waals surface area contributed by atoms with Crippen LogP contribution >= 0.6 is 12.4 Å². The summed E-state index contributed by atoms with van der Waals surface area (Å²) in [5.41, 5.74) is 3.56. The first-order valence-electron chi connectivity index (χ1n) is 8.61. The zero-order valence-corrected chi connectivity index (χ0v) is 15.6. The lowest BCUT2D eigenvalue weighted by atomic mass is 9.93. The molecule has 0 spiro atoms. The summed E-state index contributed by atoms with van der Waals surface area (Å²) in [4.78, 5) is 12.3. The number of halogens is 1. The third-order valence-corrected chi connectivity index (χ3v) is 4.57. The molecule has 0 atom stereocenters. The first kappa shape index (κ1) is 20.0. The van der Waals surface area contributed by atoms with Crippen LogP contribution in [0.5, 0.6) is 0 Å². The van der Waals surface area contributed by atoms with Crippen LogP contribution in [0.2, 0.25) is 0 Å². The molecule has 1 aliphatic rings. The molecule has 4 heteroatoms. The van der Waals surface area contributed by atoms with E-state index >= 15 is 0 Å². The van der Waals surface area contributed by atoms with Crippen molar-refractivity contribution in [1.82, 2.24) is 5.32 Å². The topological polar surface area (TPSA) is 41.1 Å². The molecule has 0 saturated carbocycles. The highest BCUT2D eigenvalue weighted by Crippen LogP contribution is 2.29. The molecule has 0 aromatic heterocycles. The van der Waals surface area contributed by atoms with E-state index in [9.17, 15) is 4.79 Å². The second-order valence-corrected chi connectivity index (χ2v) is 7.10. The predicted octanol–water partition coefficient (Wildman–Crippen LogP) is 4.68. The minimum absolute atomic E-state index is 0. The van der Waals surface area contributed by atoms with Gasteiger partial charge >= 0.3 is 0 Å². The van der Waals surface area contributed by atoms with E-state index in [1.54, 1.807) is 0 Å². The van der Waals surface area contributed by atoms with Gasteiger partial charge in [-0.05, 0) is 60.9 Å². The van der Waals surface area contributed by atoms with Crippen LogP contribution in [-0.4, -0.2) is 19.0 Å². The van der Waals surface area contributed by atoms with Gasteiger partial charge in [-0.25, -0.2) is 0 Å². The molecule has 1 heterocycles. The third-order valence-electron chi connectivity index (χ3n) is 4.57. The molecule has 1 aromatic carbocycles.